The van der Waals surface area contributed by atoms with Crippen molar-refractivity contribution in [3.8, 4) is 0 Å². The fourth-order valence-electron chi connectivity index (χ4n) is 2.26. The maximum absolute atomic E-state index is 12.1. The van der Waals surface area contributed by atoms with Crippen molar-refractivity contribution in [2.45, 2.75) is 11.3 Å². The van der Waals surface area contributed by atoms with E-state index in [4.69, 9.17) is 0 Å². The Kier molecular flexibility index (Phi) is 6.32. The molecule has 2 aromatic rings. The van der Waals surface area contributed by atoms with Gasteiger partial charge in [0.05, 0.1) is 10.5 Å². The molecule has 0 aromatic heterocycles. The number of rotatable bonds is 9. The number of hydrogen-bond donors (Lipinski definition) is 3. The molecule has 0 aliphatic rings. The lowest BCUT2D eigenvalue weighted by Crippen LogP contribution is -2.24. The first-order chi connectivity index (χ1) is 11.9. The van der Waals surface area contributed by atoms with Crippen LogP contribution in [0.25, 0.3) is 0 Å². The Morgan fingerprint density at radius 1 is 1.16 bits per heavy atom. The summed E-state index contributed by atoms with van der Waals surface area (Å²) in [6, 6.07) is 13.8. The van der Waals surface area contributed by atoms with Gasteiger partial charge in [0.2, 0.25) is 10.0 Å². The SMILES string of the molecule is C=CCNS(=O)(=O)c1ccc(NCCc2ccccc2)c(C(=O)O)c1. The van der Waals surface area contributed by atoms with Crippen molar-refractivity contribution in [1.29, 1.82) is 0 Å². The van der Waals surface area contributed by atoms with Crippen molar-refractivity contribution in [3.63, 3.8) is 0 Å². The molecule has 25 heavy (non-hydrogen) atoms. The van der Waals surface area contributed by atoms with Gasteiger partial charge < -0.3 is 10.4 Å². The van der Waals surface area contributed by atoms with E-state index in [2.05, 4.69) is 16.6 Å². The predicted octanol–water partition coefficient (Wildman–Crippen LogP) is 2.50. The summed E-state index contributed by atoms with van der Waals surface area (Å²) in [7, 11) is -3.77. The van der Waals surface area contributed by atoms with Crippen LogP contribution in [-0.4, -0.2) is 32.6 Å². The van der Waals surface area contributed by atoms with Gasteiger partial charge in [0.25, 0.3) is 0 Å². The first-order valence-corrected chi connectivity index (χ1v) is 9.18. The smallest absolute Gasteiger partial charge is 0.337 e. The molecule has 0 spiro atoms. The van der Waals surface area contributed by atoms with Crippen molar-refractivity contribution in [2.24, 2.45) is 0 Å². The van der Waals surface area contributed by atoms with Gasteiger partial charge in [0.1, 0.15) is 0 Å². The summed E-state index contributed by atoms with van der Waals surface area (Å²) in [5.41, 5.74) is 1.42. The molecule has 0 saturated carbocycles. The van der Waals surface area contributed by atoms with Crippen LogP contribution in [0, 0.1) is 0 Å². The third-order valence-corrected chi connectivity index (χ3v) is 4.94. The highest BCUT2D eigenvalue weighted by Gasteiger charge is 2.18. The molecule has 6 nitrogen and oxygen atoms in total. The molecule has 0 bridgehead atoms. The number of hydrogen-bond acceptors (Lipinski definition) is 4. The summed E-state index contributed by atoms with van der Waals surface area (Å²) in [4.78, 5) is 11.4. The molecule has 0 unspecified atom stereocenters. The van der Waals surface area contributed by atoms with Gasteiger partial charge in [-0.05, 0) is 30.2 Å². The van der Waals surface area contributed by atoms with E-state index >= 15 is 0 Å². The lowest BCUT2D eigenvalue weighted by atomic mass is 10.1. The normalized spacial score (nSPS) is 11.0. The molecule has 0 amide bonds. The summed E-state index contributed by atoms with van der Waals surface area (Å²) < 4.78 is 26.5. The standard InChI is InChI=1S/C18H20N2O4S/c1-2-11-20-25(23,24)15-8-9-17(16(13-15)18(21)22)19-12-10-14-6-4-3-5-7-14/h2-9,13,19-20H,1,10-12H2,(H,21,22). The van der Waals surface area contributed by atoms with Crippen LogP contribution in [0.15, 0.2) is 66.1 Å². The molecular weight excluding hydrogens is 340 g/mol. The molecule has 0 atom stereocenters. The van der Waals surface area contributed by atoms with E-state index < -0.39 is 16.0 Å². The van der Waals surface area contributed by atoms with E-state index in [0.717, 1.165) is 18.1 Å². The first kappa shape index (κ1) is 18.7. The minimum Gasteiger partial charge on any atom is -0.478 e. The largest absolute Gasteiger partial charge is 0.478 e. The number of anilines is 1. The summed E-state index contributed by atoms with van der Waals surface area (Å²) in [5.74, 6) is -1.19. The van der Waals surface area contributed by atoms with Gasteiger partial charge in [-0.3, -0.25) is 0 Å². The topological polar surface area (TPSA) is 95.5 Å². The number of sulfonamides is 1. The zero-order chi connectivity index (χ0) is 18.3. The zero-order valence-electron chi connectivity index (χ0n) is 13.6. The highest BCUT2D eigenvalue weighted by atomic mass is 32.2. The number of carboxylic acids is 1. The molecular formula is C18H20N2O4S. The highest BCUT2D eigenvalue weighted by Crippen LogP contribution is 2.21. The number of carbonyl (C=O) groups is 1. The minimum atomic E-state index is -3.77. The minimum absolute atomic E-state index is 0.0712. The van der Waals surface area contributed by atoms with Crippen molar-refractivity contribution in [2.75, 3.05) is 18.4 Å². The molecule has 0 saturated heterocycles. The van der Waals surface area contributed by atoms with Crippen molar-refractivity contribution < 1.29 is 18.3 Å². The van der Waals surface area contributed by atoms with E-state index in [0.29, 0.717) is 12.2 Å². The summed E-state index contributed by atoms with van der Waals surface area (Å²) in [6.45, 7) is 4.05. The quantitative estimate of drug-likeness (QED) is 0.597. The molecule has 0 radical (unpaired) electrons. The second-order valence-corrected chi connectivity index (χ2v) is 7.08. The molecule has 132 valence electrons. The van der Waals surface area contributed by atoms with Crippen LogP contribution in [-0.2, 0) is 16.4 Å². The van der Waals surface area contributed by atoms with Crippen molar-refractivity contribution in [3.05, 3.63) is 72.3 Å². The first-order valence-electron chi connectivity index (χ1n) is 7.70. The molecule has 2 rings (SSSR count). The molecule has 0 aliphatic heterocycles. The number of aromatic carboxylic acids is 1. The molecule has 7 heteroatoms. The van der Waals surface area contributed by atoms with Gasteiger partial charge in [-0.2, -0.15) is 0 Å². The van der Waals surface area contributed by atoms with Gasteiger partial charge in [0, 0.05) is 18.8 Å². The van der Waals surface area contributed by atoms with Crippen LogP contribution in [0.4, 0.5) is 5.69 Å². The van der Waals surface area contributed by atoms with Crippen LogP contribution in [0.1, 0.15) is 15.9 Å². The average molecular weight is 360 g/mol. The van der Waals surface area contributed by atoms with Gasteiger partial charge >= 0.3 is 5.97 Å². The number of carboxylic acid groups (broad SMARTS) is 1. The average Bonchev–Trinajstić information content (AvgIpc) is 2.61. The Bertz CT molecular complexity index is 849. The maximum Gasteiger partial charge on any atom is 0.337 e. The van der Waals surface area contributed by atoms with Gasteiger partial charge in [-0.15, -0.1) is 6.58 Å². The van der Waals surface area contributed by atoms with E-state index in [9.17, 15) is 18.3 Å². The highest BCUT2D eigenvalue weighted by molar-refractivity contribution is 7.89. The Morgan fingerprint density at radius 3 is 2.52 bits per heavy atom. The Balaban J connectivity index is 2.16. The second-order valence-electron chi connectivity index (χ2n) is 5.32. The van der Waals surface area contributed by atoms with E-state index in [1.807, 2.05) is 30.3 Å². The fourth-order valence-corrected chi connectivity index (χ4v) is 3.28. The maximum atomic E-state index is 12.1. The van der Waals surface area contributed by atoms with E-state index in [1.54, 1.807) is 0 Å². The molecule has 3 N–H and O–H groups in total. The lowest BCUT2D eigenvalue weighted by Gasteiger charge is -2.12. The Hall–Kier alpha value is -2.64. The van der Waals surface area contributed by atoms with Crippen LogP contribution in [0.5, 0.6) is 0 Å². The van der Waals surface area contributed by atoms with Gasteiger partial charge in [0.15, 0.2) is 0 Å². The predicted molar refractivity (Wildman–Crippen MR) is 97.4 cm³/mol. The Labute approximate surface area is 147 Å². The third-order valence-electron chi connectivity index (χ3n) is 3.52. The molecule has 0 fully saturated rings. The van der Waals surface area contributed by atoms with Crippen LogP contribution >= 0.6 is 0 Å². The van der Waals surface area contributed by atoms with Crippen LogP contribution in [0.3, 0.4) is 0 Å². The molecule has 0 aliphatic carbocycles. The summed E-state index contributed by atoms with van der Waals surface area (Å²) >= 11 is 0. The van der Waals surface area contributed by atoms with Crippen molar-refractivity contribution >= 4 is 21.7 Å². The van der Waals surface area contributed by atoms with Gasteiger partial charge in [-0.25, -0.2) is 17.9 Å². The van der Waals surface area contributed by atoms with Crippen molar-refractivity contribution in [1.82, 2.24) is 4.72 Å². The fraction of sp³-hybridized carbons (Fsp3) is 0.167. The Morgan fingerprint density at radius 2 is 1.88 bits per heavy atom. The van der Waals surface area contributed by atoms with Gasteiger partial charge in [-0.1, -0.05) is 36.4 Å². The third kappa shape index (κ3) is 5.17. The molecule has 2 aromatic carbocycles. The number of benzene rings is 2. The lowest BCUT2D eigenvalue weighted by molar-refractivity contribution is 0.0697. The second kappa shape index (κ2) is 8.46. The zero-order valence-corrected chi connectivity index (χ0v) is 14.4. The van der Waals surface area contributed by atoms with Crippen LogP contribution in [0.2, 0.25) is 0 Å². The summed E-state index contributed by atoms with van der Waals surface area (Å²) in [5, 5.41) is 12.4. The summed E-state index contributed by atoms with van der Waals surface area (Å²) in [6.07, 6.45) is 2.13. The molecule has 0 heterocycles. The van der Waals surface area contributed by atoms with Crippen LogP contribution < -0.4 is 10.0 Å². The van der Waals surface area contributed by atoms with E-state index in [1.165, 1.54) is 18.2 Å². The monoisotopic (exact) mass is 360 g/mol. The van der Waals surface area contributed by atoms with E-state index in [-0.39, 0.29) is 17.0 Å². The number of nitrogens with one attached hydrogen (secondary N) is 2.